The van der Waals surface area contributed by atoms with Gasteiger partial charge in [-0.25, -0.2) is 19.1 Å². The number of nitrogens with zero attached hydrogens (tertiary/aromatic N) is 4. The molecule has 13 nitrogen and oxygen atoms in total. The van der Waals surface area contributed by atoms with Crippen LogP contribution in [0, 0.1) is 6.92 Å². The molecule has 2 saturated heterocycles. The molecule has 0 spiro atoms. The van der Waals surface area contributed by atoms with Gasteiger partial charge in [0.1, 0.15) is 5.56 Å². The highest BCUT2D eigenvalue weighted by Gasteiger charge is 2.31. The average molecular weight is 561 g/mol. The molecule has 3 atom stereocenters. The molecule has 1 aromatic carbocycles. The van der Waals surface area contributed by atoms with Crippen LogP contribution in [0.25, 0.3) is 5.69 Å². The van der Waals surface area contributed by atoms with Crippen molar-refractivity contribution in [2.24, 2.45) is 0 Å². The number of aromatic nitrogens is 2. The second-order valence-electron chi connectivity index (χ2n) is 9.69. The lowest BCUT2D eigenvalue weighted by Gasteiger charge is -2.28. The zero-order valence-corrected chi connectivity index (χ0v) is 22.6. The Hall–Kier alpha value is -3.81. The molecule has 2 aliphatic rings. The molecule has 0 aliphatic carbocycles. The quantitative estimate of drug-likeness (QED) is 0.320. The molecule has 218 valence electrons. The number of carboxylic acids is 2. The van der Waals surface area contributed by atoms with Gasteiger partial charge in [-0.1, -0.05) is 0 Å². The number of carbonyl (C=O) groups is 4. The van der Waals surface area contributed by atoms with Crippen molar-refractivity contribution in [2.75, 3.05) is 32.8 Å². The molecule has 40 heavy (non-hydrogen) atoms. The highest BCUT2D eigenvalue weighted by atomic mass is 16.5. The average Bonchev–Trinajstić information content (AvgIpc) is 3.70. The molecule has 0 saturated carbocycles. The van der Waals surface area contributed by atoms with Crippen LogP contribution in [0.4, 0.5) is 0 Å². The third-order valence-corrected chi connectivity index (χ3v) is 6.97. The van der Waals surface area contributed by atoms with Crippen LogP contribution in [0.1, 0.15) is 59.0 Å². The molecule has 4 N–H and O–H groups in total. The first-order valence-corrected chi connectivity index (χ1v) is 13.2. The van der Waals surface area contributed by atoms with E-state index in [-0.39, 0.29) is 11.9 Å². The smallest absolute Gasteiger partial charge is 0.341 e. The van der Waals surface area contributed by atoms with Crippen molar-refractivity contribution in [3.8, 4) is 5.69 Å². The van der Waals surface area contributed by atoms with Crippen LogP contribution in [0.15, 0.2) is 30.5 Å². The van der Waals surface area contributed by atoms with Gasteiger partial charge in [-0.3, -0.25) is 4.79 Å². The zero-order valence-electron chi connectivity index (χ0n) is 22.6. The maximum absolute atomic E-state index is 13.1. The Bertz CT molecular complexity index is 1170. The normalized spacial score (nSPS) is 18.5. The third-order valence-electron chi connectivity index (χ3n) is 6.97. The fraction of sp³-hybridized carbons (Fsp3) is 0.519. The molecule has 2 unspecified atom stereocenters. The lowest BCUT2D eigenvalue weighted by molar-refractivity contribution is -0.165. The number of likely N-dealkylation sites (tertiary alicyclic amines) is 2. The summed E-state index contributed by atoms with van der Waals surface area (Å²) in [7, 11) is 0. The molecule has 4 rings (SSSR count). The number of aliphatic hydroxyl groups is 2. The van der Waals surface area contributed by atoms with E-state index in [1.54, 1.807) is 11.6 Å². The topological polar surface area (TPSA) is 183 Å². The van der Waals surface area contributed by atoms with Crippen LogP contribution in [0.3, 0.4) is 0 Å². The number of hydrogen-bond acceptors (Lipinski definition) is 9. The lowest BCUT2D eigenvalue weighted by Crippen LogP contribution is -2.42. The number of aliphatic hydroxyl groups excluding tert-OH is 2. The molecule has 2 fully saturated rings. The monoisotopic (exact) mass is 560 g/mol. The van der Waals surface area contributed by atoms with Gasteiger partial charge in [0, 0.05) is 24.7 Å². The summed E-state index contributed by atoms with van der Waals surface area (Å²) in [6.45, 7) is 8.09. The number of aliphatic carboxylic acids is 2. The van der Waals surface area contributed by atoms with Crippen molar-refractivity contribution in [1.82, 2.24) is 19.6 Å². The summed E-state index contributed by atoms with van der Waals surface area (Å²) in [5, 5.41) is 36.9. The van der Waals surface area contributed by atoms with E-state index < -0.39 is 24.1 Å². The van der Waals surface area contributed by atoms with Crippen LogP contribution >= 0.6 is 0 Å². The standard InChI is InChI=1S/C23H30N4O3.C4H6O6/c1-3-30-23(29)21-15-24-27(17(21)2)19-10-8-18(9-11-19)22(28)26-14-6-7-20(26)16-25-12-4-5-13-25;5-1(3(7)8)2(6)4(9)10/h8-11,15,20H,3-7,12-14,16H2,1-2H3;1-2,5-6H,(H,7,8)(H,9,10)/t20-;/m0./s1. The number of esters is 1. The number of rotatable bonds is 9. The Balaban J connectivity index is 0.000000378. The predicted octanol–water partition coefficient (Wildman–Crippen LogP) is 0.935. The molecule has 1 amide bonds. The molecule has 3 heterocycles. The van der Waals surface area contributed by atoms with Gasteiger partial charge >= 0.3 is 17.9 Å². The van der Waals surface area contributed by atoms with E-state index in [0.29, 0.717) is 23.8 Å². The third kappa shape index (κ3) is 7.43. The van der Waals surface area contributed by atoms with E-state index in [1.165, 1.54) is 19.0 Å². The highest BCUT2D eigenvalue weighted by Crippen LogP contribution is 2.23. The summed E-state index contributed by atoms with van der Waals surface area (Å²) in [5.74, 6) is -3.80. The Morgan fingerprint density at radius 3 is 2.12 bits per heavy atom. The fourth-order valence-electron chi connectivity index (χ4n) is 4.82. The highest BCUT2D eigenvalue weighted by molar-refractivity contribution is 5.95. The Morgan fingerprint density at radius 1 is 0.975 bits per heavy atom. The summed E-state index contributed by atoms with van der Waals surface area (Å²) in [6, 6.07) is 7.79. The van der Waals surface area contributed by atoms with Gasteiger partial charge in [-0.15, -0.1) is 0 Å². The summed E-state index contributed by atoms with van der Waals surface area (Å²) in [4.78, 5) is 49.2. The molecule has 13 heteroatoms. The van der Waals surface area contributed by atoms with Crippen molar-refractivity contribution in [3.63, 3.8) is 0 Å². The minimum Gasteiger partial charge on any atom is -0.479 e. The van der Waals surface area contributed by atoms with E-state index >= 15 is 0 Å². The van der Waals surface area contributed by atoms with Crippen molar-refractivity contribution in [3.05, 3.63) is 47.3 Å². The largest absolute Gasteiger partial charge is 0.479 e. The summed E-state index contributed by atoms with van der Waals surface area (Å²) >= 11 is 0. The number of ether oxygens (including phenoxy) is 1. The van der Waals surface area contributed by atoms with Gasteiger partial charge < -0.3 is 35.0 Å². The molecule has 1 aromatic heterocycles. The van der Waals surface area contributed by atoms with Gasteiger partial charge in [0.25, 0.3) is 5.91 Å². The fourth-order valence-corrected chi connectivity index (χ4v) is 4.82. The Morgan fingerprint density at radius 2 is 1.57 bits per heavy atom. The van der Waals surface area contributed by atoms with Crippen LogP contribution in [-0.4, -0.2) is 115 Å². The van der Waals surface area contributed by atoms with Crippen molar-refractivity contribution in [2.45, 2.75) is 57.8 Å². The summed E-state index contributed by atoms with van der Waals surface area (Å²) in [5.41, 5.74) is 2.69. The van der Waals surface area contributed by atoms with Crippen LogP contribution in [0.5, 0.6) is 0 Å². The SMILES string of the molecule is CCOC(=O)c1cnn(-c2ccc(C(=O)N3CCC[C@H]3CN3CCCC3)cc2)c1C.O=C(O)C(O)C(O)C(=O)O. The van der Waals surface area contributed by atoms with E-state index in [1.807, 2.05) is 36.1 Å². The van der Waals surface area contributed by atoms with Gasteiger partial charge in [0.15, 0.2) is 12.2 Å². The second-order valence-corrected chi connectivity index (χ2v) is 9.69. The number of hydrogen-bond donors (Lipinski definition) is 4. The minimum atomic E-state index is -2.27. The van der Waals surface area contributed by atoms with Crippen molar-refractivity contribution < 1.29 is 44.3 Å². The maximum atomic E-state index is 13.1. The Labute approximate surface area is 231 Å². The van der Waals surface area contributed by atoms with E-state index in [2.05, 4.69) is 10.00 Å². The second kappa shape index (κ2) is 14.0. The molecule has 2 aliphatic heterocycles. The van der Waals surface area contributed by atoms with E-state index in [9.17, 15) is 19.2 Å². The number of carboxylic acid groups (broad SMARTS) is 2. The summed E-state index contributed by atoms with van der Waals surface area (Å²) < 4.78 is 6.78. The molecule has 0 radical (unpaired) electrons. The first-order valence-electron chi connectivity index (χ1n) is 13.2. The zero-order chi connectivity index (χ0) is 29.4. The van der Waals surface area contributed by atoms with Crippen LogP contribution < -0.4 is 0 Å². The molecular formula is C27H36N4O9. The van der Waals surface area contributed by atoms with Gasteiger partial charge in [0.05, 0.1) is 24.2 Å². The van der Waals surface area contributed by atoms with E-state index in [4.69, 9.17) is 25.2 Å². The number of carbonyl (C=O) groups excluding carboxylic acids is 2. The van der Waals surface area contributed by atoms with Crippen molar-refractivity contribution in [1.29, 1.82) is 0 Å². The number of benzene rings is 1. The van der Waals surface area contributed by atoms with Gasteiger partial charge in [-0.2, -0.15) is 5.10 Å². The number of amides is 1. The lowest BCUT2D eigenvalue weighted by atomic mass is 10.1. The summed E-state index contributed by atoms with van der Waals surface area (Å²) in [6.07, 6.45) is 1.70. The van der Waals surface area contributed by atoms with Crippen molar-refractivity contribution >= 4 is 23.8 Å². The minimum absolute atomic E-state index is 0.104. The first kappa shape index (κ1) is 30.7. The molecule has 2 aromatic rings. The van der Waals surface area contributed by atoms with Crippen LogP contribution in [0.2, 0.25) is 0 Å². The van der Waals surface area contributed by atoms with Gasteiger partial charge in [0.2, 0.25) is 0 Å². The molecule has 0 bridgehead atoms. The molecular weight excluding hydrogens is 524 g/mol. The maximum Gasteiger partial charge on any atom is 0.341 e. The van der Waals surface area contributed by atoms with Crippen LogP contribution in [-0.2, 0) is 14.3 Å². The van der Waals surface area contributed by atoms with E-state index in [0.717, 1.165) is 50.4 Å². The predicted molar refractivity (Wildman–Crippen MR) is 141 cm³/mol. The first-order chi connectivity index (χ1) is 19.0. The Kier molecular flexibility index (Phi) is 10.8. The van der Waals surface area contributed by atoms with Gasteiger partial charge in [-0.05, 0) is 76.9 Å².